The largest absolute Gasteiger partial charge is 0.433 e. The second-order valence-electron chi connectivity index (χ2n) is 5.26. The van der Waals surface area contributed by atoms with E-state index >= 15 is 0 Å². The molecule has 0 aromatic carbocycles. The molecule has 0 fully saturated rings. The number of hydrogen-bond donors (Lipinski definition) is 0. The molecular formula is C16H7ClF6N4. The van der Waals surface area contributed by atoms with Crippen LogP contribution < -0.4 is 0 Å². The molecule has 4 nitrogen and oxygen atoms in total. The molecule has 0 spiro atoms. The van der Waals surface area contributed by atoms with Crippen LogP contribution in [0.3, 0.4) is 0 Å². The van der Waals surface area contributed by atoms with Gasteiger partial charge in [0.2, 0.25) is 0 Å². The van der Waals surface area contributed by atoms with Crippen molar-refractivity contribution in [2.75, 3.05) is 0 Å². The van der Waals surface area contributed by atoms with Crippen molar-refractivity contribution in [1.29, 1.82) is 0 Å². The number of alkyl halides is 6. The summed E-state index contributed by atoms with van der Waals surface area (Å²) < 4.78 is 77.4. The fourth-order valence-corrected chi connectivity index (χ4v) is 2.30. The van der Waals surface area contributed by atoms with Crippen LogP contribution in [-0.4, -0.2) is 19.9 Å². The second-order valence-corrected chi connectivity index (χ2v) is 5.64. The van der Waals surface area contributed by atoms with Gasteiger partial charge in [0.15, 0.2) is 5.82 Å². The average molecular weight is 405 g/mol. The van der Waals surface area contributed by atoms with Gasteiger partial charge in [0.1, 0.15) is 16.5 Å². The molecule has 0 unspecified atom stereocenters. The lowest BCUT2D eigenvalue weighted by molar-refractivity contribution is -0.141. The first-order chi connectivity index (χ1) is 12.5. The van der Waals surface area contributed by atoms with Crippen LogP contribution in [0, 0.1) is 0 Å². The van der Waals surface area contributed by atoms with Crippen LogP contribution in [0.25, 0.3) is 22.6 Å². The molecule has 0 N–H and O–H groups in total. The fraction of sp³-hybridized carbons (Fsp3) is 0.125. The third-order valence-corrected chi connectivity index (χ3v) is 3.56. The molecule has 0 atom stereocenters. The zero-order valence-corrected chi connectivity index (χ0v) is 13.7. The highest BCUT2D eigenvalue weighted by Crippen LogP contribution is 2.33. The van der Waals surface area contributed by atoms with Crippen LogP contribution >= 0.6 is 11.6 Å². The highest BCUT2D eigenvalue weighted by molar-refractivity contribution is 6.29. The molecule has 3 rings (SSSR count). The smallest absolute Gasteiger partial charge is 0.251 e. The minimum Gasteiger partial charge on any atom is -0.251 e. The Morgan fingerprint density at radius 2 is 1.44 bits per heavy atom. The summed E-state index contributed by atoms with van der Waals surface area (Å²) >= 11 is 5.74. The Balaban J connectivity index is 2.13. The van der Waals surface area contributed by atoms with E-state index in [0.29, 0.717) is 12.1 Å². The molecule has 27 heavy (non-hydrogen) atoms. The number of aromatic nitrogens is 4. The normalized spacial score (nSPS) is 12.3. The third kappa shape index (κ3) is 4.33. The predicted octanol–water partition coefficient (Wildman–Crippen LogP) is 5.29. The molecule has 0 saturated carbocycles. The third-order valence-electron chi connectivity index (χ3n) is 3.35. The maximum Gasteiger partial charge on any atom is 0.433 e. The molecule has 140 valence electrons. The molecule has 3 aromatic heterocycles. The van der Waals surface area contributed by atoms with Gasteiger partial charge < -0.3 is 0 Å². The van der Waals surface area contributed by atoms with Crippen molar-refractivity contribution < 1.29 is 26.3 Å². The van der Waals surface area contributed by atoms with E-state index in [-0.39, 0.29) is 27.8 Å². The van der Waals surface area contributed by atoms with Crippen molar-refractivity contribution >= 4 is 11.6 Å². The van der Waals surface area contributed by atoms with Crippen molar-refractivity contribution in [2.45, 2.75) is 12.4 Å². The van der Waals surface area contributed by atoms with Crippen LogP contribution in [0.4, 0.5) is 26.3 Å². The van der Waals surface area contributed by atoms with E-state index < -0.39 is 23.7 Å². The first-order valence-electron chi connectivity index (χ1n) is 7.16. The topological polar surface area (TPSA) is 51.6 Å². The van der Waals surface area contributed by atoms with Crippen LogP contribution in [-0.2, 0) is 12.4 Å². The Bertz CT molecular complexity index is 970. The molecule has 0 aliphatic rings. The quantitative estimate of drug-likeness (QED) is 0.430. The summed E-state index contributed by atoms with van der Waals surface area (Å²) in [7, 11) is 0. The molecule has 11 heteroatoms. The minimum absolute atomic E-state index is 0.0197. The Morgan fingerprint density at radius 1 is 0.741 bits per heavy atom. The summed E-state index contributed by atoms with van der Waals surface area (Å²) in [6, 6.07) is 4.91. The molecule has 0 radical (unpaired) electrons. The summed E-state index contributed by atoms with van der Waals surface area (Å²) in [5.41, 5.74) is -2.52. The maximum atomic E-state index is 13.2. The average Bonchev–Trinajstić information content (AvgIpc) is 2.60. The van der Waals surface area contributed by atoms with E-state index in [9.17, 15) is 26.3 Å². The molecule has 3 heterocycles. The van der Waals surface area contributed by atoms with E-state index in [2.05, 4.69) is 19.9 Å². The Labute approximate surface area is 152 Å². The van der Waals surface area contributed by atoms with E-state index in [1.54, 1.807) is 0 Å². The molecule has 0 bridgehead atoms. The van der Waals surface area contributed by atoms with Gasteiger partial charge in [-0.3, -0.25) is 4.98 Å². The zero-order valence-electron chi connectivity index (χ0n) is 13.0. The molecule has 0 amide bonds. The standard InChI is InChI=1S/C16H7ClF6N4/c17-13-5-8(3-4-24-13)14-26-10(6-12(27-14)16(21,22)23)9-1-2-11(25-7-9)15(18,19)20/h1-7H. The van der Waals surface area contributed by atoms with Gasteiger partial charge in [-0.15, -0.1) is 0 Å². The summed E-state index contributed by atoms with van der Waals surface area (Å²) in [5.74, 6) is -0.302. The van der Waals surface area contributed by atoms with E-state index in [1.165, 1.54) is 18.3 Å². The highest BCUT2D eigenvalue weighted by atomic mass is 35.5. The predicted molar refractivity (Wildman–Crippen MR) is 83.5 cm³/mol. The first-order valence-corrected chi connectivity index (χ1v) is 7.53. The van der Waals surface area contributed by atoms with Gasteiger partial charge in [-0.05, 0) is 30.3 Å². The van der Waals surface area contributed by atoms with Crippen LogP contribution in [0.1, 0.15) is 11.4 Å². The van der Waals surface area contributed by atoms with Gasteiger partial charge in [0.05, 0.1) is 5.69 Å². The van der Waals surface area contributed by atoms with E-state index in [4.69, 9.17) is 11.6 Å². The van der Waals surface area contributed by atoms with Crippen LogP contribution in [0.2, 0.25) is 5.15 Å². The fourth-order valence-electron chi connectivity index (χ4n) is 2.12. The highest BCUT2D eigenvalue weighted by Gasteiger charge is 2.34. The Morgan fingerprint density at radius 3 is 2.00 bits per heavy atom. The van der Waals surface area contributed by atoms with Gasteiger partial charge in [0.25, 0.3) is 0 Å². The molecule has 0 aliphatic heterocycles. The number of hydrogen-bond acceptors (Lipinski definition) is 4. The number of nitrogens with zero attached hydrogens (tertiary/aromatic N) is 4. The van der Waals surface area contributed by atoms with Crippen molar-refractivity contribution in [2.24, 2.45) is 0 Å². The summed E-state index contributed by atoms with van der Waals surface area (Å²) in [6.45, 7) is 0. The SMILES string of the molecule is FC(F)(F)c1ccc(-c2cc(C(F)(F)F)nc(-c3ccnc(Cl)c3)n2)cn1. The lowest BCUT2D eigenvalue weighted by Crippen LogP contribution is -2.11. The van der Waals surface area contributed by atoms with Gasteiger partial charge in [-0.1, -0.05) is 11.6 Å². The monoisotopic (exact) mass is 404 g/mol. The molecule has 3 aromatic rings. The number of rotatable bonds is 2. The van der Waals surface area contributed by atoms with Crippen LogP contribution in [0.5, 0.6) is 0 Å². The number of pyridine rings is 2. The summed E-state index contributed by atoms with van der Waals surface area (Å²) in [4.78, 5) is 14.4. The molecule has 0 aliphatic carbocycles. The lowest BCUT2D eigenvalue weighted by Gasteiger charge is -2.11. The van der Waals surface area contributed by atoms with E-state index in [0.717, 1.165) is 12.3 Å². The van der Waals surface area contributed by atoms with Crippen LogP contribution in [0.15, 0.2) is 42.7 Å². The zero-order chi connectivity index (χ0) is 19.8. The molecule has 0 saturated heterocycles. The van der Waals surface area contributed by atoms with Crippen molar-refractivity contribution in [3.8, 4) is 22.6 Å². The Hall–Kier alpha value is -2.75. The Kier molecular flexibility index (Phi) is 4.77. The maximum absolute atomic E-state index is 13.2. The molecular weight excluding hydrogens is 398 g/mol. The lowest BCUT2D eigenvalue weighted by atomic mass is 10.1. The number of halogens is 7. The van der Waals surface area contributed by atoms with Gasteiger partial charge in [0, 0.05) is 23.5 Å². The van der Waals surface area contributed by atoms with Gasteiger partial charge in [-0.2, -0.15) is 26.3 Å². The summed E-state index contributed by atoms with van der Waals surface area (Å²) in [5, 5.41) is 0.0197. The summed E-state index contributed by atoms with van der Waals surface area (Å²) in [6.07, 6.45) is -7.39. The first kappa shape index (κ1) is 19.0. The van der Waals surface area contributed by atoms with Gasteiger partial charge in [-0.25, -0.2) is 15.0 Å². The van der Waals surface area contributed by atoms with Gasteiger partial charge >= 0.3 is 12.4 Å². The van der Waals surface area contributed by atoms with E-state index in [1.807, 2.05) is 0 Å². The van der Waals surface area contributed by atoms with Crippen molar-refractivity contribution in [3.05, 3.63) is 59.3 Å². The second kappa shape index (κ2) is 6.76. The van der Waals surface area contributed by atoms with Crippen molar-refractivity contribution in [1.82, 2.24) is 19.9 Å². The van der Waals surface area contributed by atoms with Crippen molar-refractivity contribution in [3.63, 3.8) is 0 Å². The minimum atomic E-state index is -4.79.